The number of pyridine rings is 1. The summed E-state index contributed by atoms with van der Waals surface area (Å²) in [6, 6.07) is 8.19. The van der Waals surface area contributed by atoms with Crippen molar-refractivity contribution < 1.29 is 0 Å². The Hall–Kier alpha value is -1.38. The zero-order valence-electron chi connectivity index (χ0n) is 10.9. The molecule has 0 radical (unpaired) electrons. The van der Waals surface area contributed by atoms with Crippen LogP contribution in [0.5, 0.6) is 0 Å². The number of fused-ring (bicyclic) bond motifs is 1. The average molecular weight is 261 g/mol. The smallest absolute Gasteiger partial charge is 0.137 e. The van der Waals surface area contributed by atoms with Gasteiger partial charge in [0.15, 0.2) is 0 Å². The van der Waals surface area contributed by atoms with Crippen LogP contribution in [0.4, 0.5) is 0 Å². The van der Waals surface area contributed by atoms with Gasteiger partial charge in [-0.15, -0.1) is 0 Å². The molecular weight excluding hydrogens is 244 g/mol. The van der Waals surface area contributed by atoms with Gasteiger partial charge in [-0.25, -0.2) is 4.98 Å². The van der Waals surface area contributed by atoms with E-state index in [1.807, 2.05) is 45.0 Å². The molecule has 0 saturated heterocycles. The molecule has 0 spiro atoms. The Balaban J connectivity index is 2.60. The maximum absolute atomic E-state index is 6.23. The summed E-state index contributed by atoms with van der Waals surface area (Å²) in [6.45, 7) is 5.99. The lowest BCUT2D eigenvalue weighted by Crippen LogP contribution is -2.15. The van der Waals surface area contributed by atoms with Crippen LogP contribution in [0.1, 0.15) is 25.0 Å². The number of para-hydroxylation sites is 1. The molecule has 2 aromatic rings. The number of benzene rings is 1. The van der Waals surface area contributed by atoms with Crippen LogP contribution in [0.2, 0.25) is 5.15 Å². The second-order valence-electron chi connectivity index (χ2n) is 4.69. The third-order valence-corrected chi connectivity index (χ3v) is 3.43. The van der Waals surface area contributed by atoms with Crippen molar-refractivity contribution >= 4 is 28.6 Å². The van der Waals surface area contributed by atoms with Crippen molar-refractivity contribution in [2.45, 2.75) is 26.8 Å². The highest BCUT2D eigenvalue weighted by Crippen LogP contribution is 2.24. The Morgan fingerprint density at radius 1 is 1.44 bits per heavy atom. The van der Waals surface area contributed by atoms with E-state index in [4.69, 9.17) is 17.3 Å². The first-order valence-corrected chi connectivity index (χ1v) is 6.36. The molecular formula is C15H17ClN2. The molecule has 0 amide bonds. The van der Waals surface area contributed by atoms with Gasteiger partial charge < -0.3 is 5.73 Å². The van der Waals surface area contributed by atoms with Crippen molar-refractivity contribution in [2.75, 3.05) is 0 Å². The number of rotatable bonds is 2. The van der Waals surface area contributed by atoms with Crippen molar-refractivity contribution in [1.29, 1.82) is 0 Å². The summed E-state index contributed by atoms with van der Waals surface area (Å²) in [5.41, 5.74) is 9.94. The number of halogens is 1. The second kappa shape index (κ2) is 5.09. The molecule has 2 N–H and O–H groups in total. The summed E-state index contributed by atoms with van der Waals surface area (Å²) in [5.74, 6) is 0. The van der Waals surface area contributed by atoms with Gasteiger partial charge >= 0.3 is 0 Å². The van der Waals surface area contributed by atoms with Gasteiger partial charge in [-0.3, -0.25) is 0 Å². The number of aromatic nitrogens is 1. The number of aryl methyl sites for hydroxylation is 1. The normalized spacial score (nSPS) is 13.9. The van der Waals surface area contributed by atoms with Gasteiger partial charge in [0.25, 0.3) is 0 Å². The Morgan fingerprint density at radius 3 is 2.83 bits per heavy atom. The average Bonchev–Trinajstić information content (AvgIpc) is 2.31. The van der Waals surface area contributed by atoms with E-state index < -0.39 is 0 Å². The predicted molar refractivity (Wildman–Crippen MR) is 78.8 cm³/mol. The summed E-state index contributed by atoms with van der Waals surface area (Å²) in [6.07, 6.45) is 2.00. The first-order valence-electron chi connectivity index (χ1n) is 5.98. The van der Waals surface area contributed by atoms with Crippen molar-refractivity contribution in [3.8, 4) is 0 Å². The van der Waals surface area contributed by atoms with Gasteiger partial charge in [-0.05, 0) is 32.4 Å². The number of nitrogens with zero attached hydrogens (tertiary/aromatic N) is 1. The molecule has 18 heavy (non-hydrogen) atoms. The van der Waals surface area contributed by atoms with Gasteiger partial charge in [-0.1, -0.05) is 41.4 Å². The predicted octanol–water partition coefficient (Wildman–Crippen LogP) is 3.95. The minimum absolute atomic E-state index is 0.0225. The van der Waals surface area contributed by atoms with Crippen molar-refractivity contribution in [3.05, 3.63) is 46.1 Å². The Bertz CT molecular complexity index is 615. The van der Waals surface area contributed by atoms with E-state index in [2.05, 4.69) is 11.1 Å². The molecule has 0 fully saturated rings. The Morgan fingerprint density at radius 2 is 2.17 bits per heavy atom. The minimum Gasteiger partial charge on any atom is -0.324 e. The van der Waals surface area contributed by atoms with Crippen LogP contribution >= 0.6 is 11.6 Å². The molecule has 1 unspecified atom stereocenters. The molecule has 0 bridgehead atoms. The molecule has 3 heteroatoms. The van der Waals surface area contributed by atoms with Crippen molar-refractivity contribution in [1.82, 2.24) is 4.98 Å². The first-order chi connectivity index (χ1) is 8.49. The highest BCUT2D eigenvalue weighted by Gasteiger charge is 2.06. The lowest BCUT2D eigenvalue weighted by atomic mass is 10.1. The molecule has 1 heterocycles. The fraction of sp³-hybridized carbons (Fsp3) is 0.267. The maximum Gasteiger partial charge on any atom is 0.137 e. The third-order valence-electron chi connectivity index (χ3n) is 3.13. The van der Waals surface area contributed by atoms with Gasteiger partial charge in [0.1, 0.15) is 5.15 Å². The quantitative estimate of drug-likeness (QED) is 0.831. The van der Waals surface area contributed by atoms with Crippen LogP contribution in [-0.2, 0) is 0 Å². The highest BCUT2D eigenvalue weighted by molar-refractivity contribution is 6.31. The largest absolute Gasteiger partial charge is 0.324 e. The monoisotopic (exact) mass is 260 g/mol. The minimum atomic E-state index is 0.0225. The molecule has 0 aliphatic carbocycles. The third kappa shape index (κ3) is 2.55. The van der Waals surface area contributed by atoms with E-state index in [0.717, 1.165) is 27.6 Å². The molecule has 1 atom stereocenters. The van der Waals surface area contributed by atoms with Crippen molar-refractivity contribution in [3.63, 3.8) is 0 Å². The van der Waals surface area contributed by atoms with Gasteiger partial charge in [0.2, 0.25) is 0 Å². The maximum atomic E-state index is 6.23. The summed E-state index contributed by atoms with van der Waals surface area (Å²) < 4.78 is 0. The van der Waals surface area contributed by atoms with Crippen LogP contribution in [0, 0.1) is 6.92 Å². The SMILES string of the molecule is C/C(=C\c1cc2cccc(C)c2nc1Cl)C(C)N. The van der Waals surface area contributed by atoms with Gasteiger partial charge in [0.05, 0.1) is 5.52 Å². The molecule has 94 valence electrons. The molecule has 2 rings (SSSR count). The van der Waals surface area contributed by atoms with E-state index in [1.54, 1.807) is 0 Å². The number of hydrogen-bond acceptors (Lipinski definition) is 2. The first kappa shape index (κ1) is 13.1. The van der Waals surface area contributed by atoms with E-state index in [9.17, 15) is 0 Å². The molecule has 0 saturated carbocycles. The standard InChI is InChI=1S/C15H17ClN2/c1-9-5-4-6-12-8-13(7-10(2)11(3)17)15(16)18-14(9)12/h4-8,11H,17H2,1-3H3/b10-7+. The Kier molecular flexibility index (Phi) is 3.69. The lowest BCUT2D eigenvalue weighted by molar-refractivity contribution is 0.868. The van der Waals surface area contributed by atoms with Crippen molar-refractivity contribution in [2.24, 2.45) is 5.73 Å². The number of hydrogen-bond donors (Lipinski definition) is 1. The highest BCUT2D eigenvalue weighted by atomic mass is 35.5. The van der Waals surface area contributed by atoms with Crippen LogP contribution in [-0.4, -0.2) is 11.0 Å². The van der Waals surface area contributed by atoms with E-state index in [1.165, 1.54) is 0 Å². The van der Waals surface area contributed by atoms with E-state index >= 15 is 0 Å². The lowest BCUT2D eigenvalue weighted by Gasteiger charge is -2.08. The summed E-state index contributed by atoms with van der Waals surface area (Å²) in [4.78, 5) is 4.47. The molecule has 1 aromatic heterocycles. The molecule has 2 nitrogen and oxygen atoms in total. The van der Waals surface area contributed by atoms with Crippen LogP contribution in [0.25, 0.3) is 17.0 Å². The summed E-state index contributed by atoms with van der Waals surface area (Å²) >= 11 is 6.23. The molecule has 1 aromatic carbocycles. The van der Waals surface area contributed by atoms with Gasteiger partial charge in [0, 0.05) is 17.0 Å². The zero-order valence-corrected chi connectivity index (χ0v) is 11.6. The Labute approximate surface area is 112 Å². The van der Waals surface area contributed by atoms with Gasteiger partial charge in [-0.2, -0.15) is 0 Å². The van der Waals surface area contributed by atoms with Crippen LogP contribution < -0.4 is 5.73 Å². The van der Waals surface area contributed by atoms with E-state index in [-0.39, 0.29) is 6.04 Å². The fourth-order valence-electron chi connectivity index (χ4n) is 1.82. The second-order valence-corrected chi connectivity index (χ2v) is 5.05. The number of nitrogens with two attached hydrogens (primary N) is 1. The molecule has 0 aliphatic heterocycles. The van der Waals surface area contributed by atoms with E-state index in [0.29, 0.717) is 5.15 Å². The zero-order chi connectivity index (χ0) is 13.3. The topological polar surface area (TPSA) is 38.9 Å². The molecule has 0 aliphatic rings. The van der Waals surface area contributed by atoms with Crippen LogP contribution in [0.15, 0.2) is 29.8 Å². The summed E-state index contributed by atoms with van der Waals surface area (Å²) in [7, 11) is 0. The summed E-state index contributed by atoms with van der Waals surface area (Å²) in [5, 5.41) is 1.62. The van der Waals surface area contributed by atoms with Crippen LogP contribution in [0.3, 0.4) is 0 Å². The fourth-order valence-corrected chi connectivity index (χ4v) is 2.01.